The molecule has 0 unspecified atom stereocenters. The van der Waals surface area contributed by atoms with Gasteiger partial charge in [0.15, 0.2) is 5.65 Å². The maximum atomic E-state index is 12.4. The second kappa shape index (κ2) is 7.23. The number of carbonyl (C=O) groups is 1. The molecule has 2 aromatic heterocycles. The van der Waals surface area contributed by atoms with Crippen molar-refractivity contribution >= 4 is 17.1 Å². The Kier molecular flexibility index (Phi) is 4.86. The molecule has 1 N–H and O–H groups in total. The summed E-state index contributed by atoms with van der Waals surface area (Å²) in [5.74, 6) is -0.140. The lowest BCUT2D eigenvalue weighted by atomic mass is 10.2. The molecule has 0 saturated heterocycles. The van der Waals surface area contributed by atoms with E-state index in [-0.39, 0.29) is 12.5 Å². The Morgan fingerprint density at radius 1 is 1.25 bits per heavy atom. The number of fused-ring (bicyclic) bond motifs is 1. The van der Waals surface area contributed by atoms with Gasteiger partial charge in [0.05, 0.1) is 25.0 Å². The molecule has 6 nitrogen and oxygen atoms in total. The molecule has 0 spiro atoms. The van der Waals surface area contributed by atoms with Gasteiger partial charge in [-0.15, -0.1) is 0 Å². The van der Waals surface area contributed by atoms with Crippen LogP contribution in [0.3, 0.4) is 0 Å². The number of benzene rings is 1. The Morgan fingerprint density at radius 2 is 2.04 bits per heavy atom. The molecule has 0 fully saturated rings. The largest absolute Gasteiger partial charge is 0.395 e. The van der Waals surface area contributed by atoms with Gasteiger partial charge in [-0.1, -0.05) is 30.3 Å². The number of imidazole rings is 1. The van der Waals surface area contributed by atoms with Crippen LogP contribution in [-0.2, 0) is 6.54 Å². The van der Waals surface area contributed by atoms with Crippen LogP contribution in [0.4, 0.5) is 0 Å². The van der Waals surface area contributed by atoms with E-state index in [2.05, 4.69) is 22.1 Å². The fraction of sp³-hybridized carbons (Fsp3) is 0.278. The Hall–Kier alpha value is -2.73. The third kappa shape index (κ3) is 3.28. The first-order valence-electron chi connectivity index (χ1n) is 7.98. The van der Waals surface area contributed by atoms with Crippen LogP contribution in [-0.4, -0.2) is 50.1 Å². The monoisotopic (exact) mass is 324 g/mol. The van der Waals surface area contributed by atoms with Gasteiger partial charge in [0.25, 0.3) is 5.91 Å². The van der Waals surface area contributed by atoms with E-state index in [0.717, 1.165) is 5.65 Å². The summed E-state index contributed by atoms with van der Waals surface area (Å²) in [5, 5.41) is 9.05. The van der Waals surface area contributed by atoms with Crippen LogP contribution < -0.4 is 0 Å². The van der Waals surface area contributed by atoms with Crippen LogP contribution in [0, 0.1) is 0 Å². The molecule has 6 heteroatoms. The summed E-state index contributed by atoms with van der Waals surface area (Å²) in [4.78, 5) is 22.8. The molecule has 0 atom stereocenters. The minimum Gasteiger partial charge on any atom is -0.395 e. The topological polar surface area (TPSA) is 71.2 Å². The van der Waals surface area contributed by atoms with Crippen LogP contribution in [0.25, 0.3) is 11.2 Å². The molecule has 0 radical (unpaired) electrons. The number of hydrogen-bond donors (Lipinski definition) is 1. The Balaban J connectivity index is 1.86. The second-order valence-corrected chi connectivity index (χ2v) is 5.53. The number of pyridine rings is 1. The van der Waals surface area contributed by atoms with Crippen molar-refractivity contribution in [3.8, 4) is 0 Å². The highest BCUT2D eigenvalue weighted by Crippen LogP contribution is 2.15. The van der Waals surface area contributed by atoms with E-state index in [1.807, 2.05) is 29.7 Å². The number of likely N-dealkylation sites (N-methyl/N-ethyl adjacent to an activating group) is 1. The van der Waals surface area contributed by atoms with E-state index in [1.165, 1.54) is 5.56 Å². The predicted octanol–water partition coefficient (Wildman–Crippen LogP) is 1.93. The highest BCUT2D eigenvalue weighted by Gasteiger charge is 2.16. The predicted molar refractivity (Wildman–Crippen MR) is 91.7 cm³/mol. The highest BCUT2D eigenvalue weighted by atomic mass is 16.3. The van der Waals surface area contributed by atoms with Crippen molar-refractivity contribution in [2.24, 2.45) is 0 Å². The first-order valence-corrected chi connectivity index (χ1v) is 7.98. The number of hydrogen-bond acceptors (Lipinski definition) is 4. The molecule has 0 aliphatic rings. The van der Waals surface area contributed by atoms with Gasteiger partial charge in [-0.25, -0.2) is 9.97 Å². The molecule has 1 amide bonds. The number of amides is 1. The molecule has 124 valence electrons. The summed E-state index contributed by atoms with van der Waals surface area (Å²) < 4.78 is 1.96. The summed E-state index contributed by atoms with van der Waals surface area (Å²) in [5.41, 5.74) is 3.10. The molecule has 3 aromatic rings. The third-order valence-corrected chi connectivity index (χ3v) is 3.94. The van der Waals surface area contributed by atoms with E-state index in [0.29, 0.717) is 30.7 Å². The maximum Gasteiger partial charge on any atom is 0.255 e. The summed E-state index contributed by atoms with van der Waals surface area (Å²) in [6, 6.07) is 11.8. The van der Waals surface area contributed by atoms with Gasteiger partial charge < -0.3 is 14.6 Å². The van der Waals surface area contributed by atoms with Gasteiger partial charge in [-0.3, -0.25) is 4.79 Å². The zero-order valence-corrected chi connectivity index (χ0v) is 13.6. The normalized spacial score (nSPS) is 10.9. The summed E-state index contributed by atoms with van der Waals surface area (Å²) in [6.07, 6.45) is 3.32. The van der Waals surface area contributed by atoms with Crippen molar-refractivity contribution in [2.45, 2.75) is 13.5 Å². The van der Waals surface area contributed by atoms with Gasteiger partial charge in [-0.2, -0.15) is 0 Å². The van der Waals surface area contributed by atoms with E-state index < -0.39 is 0 Å². The zero-order chi connectivity index (χ0) is 16.9. The minimum atomic E-state index is -0.140. The van der Waals surface area contributed by atoms with Crippen molar-refractivity contribution in [2.75, 3.05) is 19.7 Å². The molecule has 0 aliphatic carbocycles. The quantitative estimate of drug-likeness (QED) is 0.752. The number of rotatable bonds is 6. The van der Waals surface area contributed by atoms with Crippen molar-refractivity contribution in [1.82, 2.24) is 19.4 Å². The van der Waals surface area contributed by atoms with E-state index >= 15 is 0 Å². The fourth-order valence-corrected chi connectivity index (χ4v) is 2.67. The molecule has 0 aliphatic heterocycles. The molecule has 1 aromatic carbocycles. The Morgan fingerprint density at radius 3 is 2.75 bits per heavy atom. The zero-order valence-electron chi connectivity index (χ0n) is 13.6. The molecule has 2 heterocycles. The van der Waals surface area contributed by atoms with Crippen molar-refractivity contribution in [3.63, 3.8) is 0 Å². The van der Waals surface area contributed by atoms with Crippen molar-refractivity contribution in [1.29, 1.82) is 0 Å². The molecule has 24 heavy (non-hydrogen) atoms. The van der Waals surface area contributed by atoms with Gasteiger partial charge in [0.2, 0.25) is 0 Å². The van der Waals surface area contributed by atoms with Crippen LogP contribution in [0.2, 0.25) is 0 Å². The number of aromatic nitrogens is 3. The van der Waals surface area contributed by atoms with Crippen LogP contribution in [0.15, 0.2) is 48.9 Å². The van der Waals surface area contributed by atoms with Crippen LogP contribution in [0.5, 0.6) is 0 Å². The van der Waals surface area contributed by atoms with Gasteiger partial charge in [-0.05, 0) is 18.6 Å². The number of nitrogens with zero attached hydrogens (tertiary/aromatic N) is 4. The molecular formula is C18H20N4O2. The highest BCUT2D eigenvalue weighted by molar-refractivity contribution is 5.96. The van der Waals surface area contributed by atoms with Crippen molar-refractivity contribution in [3.05, 3.63) is 60.0 Å². The smallest absolute Gasteiger partial charge is 0.255 e. The van der Waals surface area contributed by atoms with E-state index in [4.69, 9.17) is 5.11 Å². The fourth-order valence-electron chi connectivity index (χ4n) is 2.67. The summed E-state index contributed by atoms with van der Waals surface area (Å²) in [6.45, 7) is 3.37. The third-order valence-electron chi connectivity index (χ3n) is 3.94. The lowest BCUT2D eigenvalue weighted by Gasteiger charge is -2.19. The van der Waals surface area contributed by atoms with Crippen LogP contribution in [0.1, 0.15) is 22.8 Å². The number of carbonyl (C=O) groups excluding carboxylic acids is 1. The number of aliphatic hydroxyl groups is 1. The second-order valence-electron chi connectivity index (χ2n) is 5.53. The average Bonchev–Trinajstić information content (AvgIpc) is 3.02. The molecule has 0 bridgehead atoms. The first-order chi connectivity index (χ1) is 11.7. The summed E-state index contributed by atoms with van der Waals surface area (Å²) >= 11 is 0. The average molecular weight is 324 g/mol. The lowest BCUT2D eigenvalue weighted by Crippen LogP contribution is -2.33. The Labute approximate surface area is 140 Å². The summed E-state index contributed by atoms with van der Waals surface area (Å²) in [7, 11) is 0. The first kappa shape index (κ1) is 16.1. The van der Waals surface area contributed by atoms with Gasteiger partial charge >= 0.3 is 0 Å². The standard InChI is InChI=1S/C18H20N4O2/c1-2-21(8-9-23)18(24)15-10-16-17(19-11-15)22(13-20-16)12-14-6-4-3-5-7-14/h3-7,10-11,13,23H,2,8-9,12H2,1H3. The van der Waals surface area contributed by atoms with Gasteiger partial charge in [0, 0.05) is 19.3 Å². The molecule has 3 rings (SSSR count). The number of aliphatic hydroxyl groups excluding tert-OH is 1. The van der Waals surface area contributed by atoms with E-state index in [9.17, 15) is 4.79 Å². The lowest BCUT2D eigenvalue weighted by molar-refractivity contribution is 0.0731. The minimum absolute atomic E-state index is 0.0546. The molecule has 0 saturated carbocycles. The Bertz CT molecular complexity index is 829. The molecular weight excluding hydrogens is 304 g/mol. The van der Waals surface area contributed by atoms with Crippen molar-refractivity contribution < 1.29 is 9.90 Å². The van der Waals surface area contributed by atoms with Crippen LogP contribution >= 0.6 is 0 Å². The van der Waals surface area contributed by atoms with E-state index in [1.54, 1.807) is 23.5 Å². The van der Waals surface area contributed by atoms with Gasteiger partial charge in [0.1, 0.15) is 5.52 Å². The maximum absolute atomic E-state index is 12.4. The SMILES string of the molecule is CCN(CCO)C(=O)c1cnc2c(c1)ncn2Cc1ccccc1.